The number of methoxy groups -OCH3 is 1. The van der Waals surface area contributed by atoms with Crippen LogP contribution in [0.5, 0.6) is 0 Å². The summed E-state index contributed by atoms with van der Waals surface area (Å²) in [5, 5.41) is 68.2. The molecule has 3 saturated heterocycles. The van der Waals surface area contributed by atoms with Crippen LogP contribution in [0.15, 0.2) is 6.20 Å². The molecule has 5 N–H and O–H groups in total. The second-order valence-corrected chi connectivity index (χ2v) is 19.5. The van der Waals surface area contributed by atoms with Gasteiger partial charge in [-0.2, -0.15) is 0 Å². The molecule has 1 unspecified atom stereocenters. The number of likely N-dealkylation sites (N-methyl/N-ethyl adjacent to an activating group) is 2. The Morgan fingerprint density at radius 2 is 1.67 bits per heavy atom. The Kier molecular flexibility index (Phi) is 17.6. The third-order valence-corrected chi connectivity index (χ3v) is 14.2. The summed E-state index contributed by atoms with van der Waals surface area (Å²) in [6.45, 7) is 22.0. The SMILES string of the molecule is CCCn1cc(CCN(C)[C@H]2C[C@@H](C)O[C@@H](O[C@@H]3[C@@H](C)[C@H](C4C[C@@](C)(OC)[C@@H](O)[C@H](C)O4)[C@@H](C)C(=O)O[C@H](CC)[C@@](C)(O)[C@H](O)[C@@H](C)N(C)C[C@H](C)C[C@@]3(C)O)[C@@H]2O)nn1. The van der Waals surface area contributed by atoms with E-state index in [4.69, 9.17) is 23.7 Å². The molecule has 4 heterocycles. The van der Waals surface area contributed by atoms with Crippen molar-refractivity contribution in [2.45, 2.75) is 205 Å². The van der Waals surface area contributed by atoms with E-state index in [0.717, 1.165) is 18.7 Å². The second kappa shape index (κ2) is 20.8. The van der Waals surface area contributed by atoms with Crippen molar-refractivity contribution >= 4 is 5.97 Å². The molecule has 16 heteroatoms. The number of aliphatic hydroxyl groups is 5. The Labute approximate surface area is 359 Å². The van der Waals surface area contributed by atoms with Gasteiger partial charge in [-0.15, -0.1) is 5.10 Å². The molecule has 0 aliphatic carbocycles. The van der Waals surface area contributed by atoms with Gasteiger partial charge in [0.05, 0.1) is 47.2 Å². The minimum absolute atomic E-state index is 0.146. The lowest BCUT2D eigenvalue weighted by Gasteiger charge is -2.51. The van der Waals surface area contributed by atoms with Crippen molar-refractivity contribution in [3.63, 3.8) is 0 Å². The van der Waals surface area contributed by atoms with Gasteiger partial charge in [0.2, 0.25) is 0 Å². The third-order valence-electron chi connectivity index (χ3n) is 14.2. The molecule has 0 amide bonds. The lowest BCUT2D eigenvalue weighted by Crippen LogP contribution is -2.62. The van der Waals surface area contributed by atoms with Crippen molar-refractivity contribution in [3.8, 4) is 0 Å². The van der Waals surface area contributed by atoms with Gasteiger partial charge in [0.15, 0.2) is 6.29 Å². The molecule has 3 aliphatic rings. The van der Waals surface area contributed by atoms with Gasteiger partial charge in [0.25, 0.3) is 0 Å². The predicted octanol–water partition coefficient (Wildman–Crippen LogP) is 2.79. The third kappa shape index (κ3) is 11.5. The molecule has 16 nitrogen and oxygen atoms in total. The van der Waals surface area contributed by atoms with Gasteiger partial charge < -0.3 is 59.0 Å². The first-order valence-corrected chi connectivity index (χ1v) is 22.4. The zero-order chi connectivity index (χ0) is 45.1. The first-order chi connectivity index (χ1) is 27.9. The number of aromatic nitrogens is 3. The maximum atomic E-state index is 14.5. The van der Waals surface area contributed by atoms with E-state index >= 15 is 0 Å². The van der Waals surface area contributed by atoms with E-state index in [-0.39, 0.29) is 37.3 Å². The number of hydrogen-bond acceptors (Lipinski definition) is 15. The fourth-order valence-corrected chi connectivity index (χ4v) is 10.5. The summed E-state index contributed by atoms with van der Waals surface area (Å²) >= 11 is 0. The van der Waals surface area contributed by atoms with Crippen LogP contribution in [0.2, 0.25) is 0 Å². The van der Waals surface area contributed by atoms with Gasteiger partial charge >= 0.3 is 5.97 Å². The van der Waals surface area contributed by atoms with Gasteiger partial charge in [-0.3, -0.25) is 9.48 Å². The molecule has 0 radical (unpaired) electrons. The minimum atomic E-state index is -1.80. The van der Waals surface area contributed by atoms with Crippen molar-refractivity contribution in [2.75, 3.05) is 34.3 Å². The molecule has 3 fully saturated rings. The molecule has 348 valence electrons. The topological polar surface area (TPSA) is 202 Å². The fourth-order valence-electron chi connectivity index (χ4n) is 10.5. The molecular formula is C44H81N5O11. The van der Waals surface area contributed by atoms with Gasteiger partial charge in [-0.1, -0.05) is 39.8 Å². The summed E-state index contributed by atoms with van der Waals surface area (Å²) in [7, 11) is 5.36. The van der Waals surface area contributed by atoms with Gasteiger partial charge in [-0.05, 0) is 93.2 Å². The van der Waals surface area contributed by atoms with Crippen LogP contribution in [0.3, 0.4) is 0 Å². The molecule has 3 aliphatic heterocycles. The number of esters is 1. The molecule has 0 saturated carbocycles. The fraction of sp³-hybridized carbons (Fsp3) is 0.932. The number of aryl methyl sites for hydroxylation is 1. The van der Waals surface area contributed by atoms with Crippen LogP contribution in [0, 0.1) is 23.7 Å². The number of ether oxygens (including phenoxy) is 5. The number of cyclic esters (lactones) is 1. The highest BCUT2D eigenvalue weighted by Crippen LogP contribution is 2.45. The van der Waals surface area contributed by atoms with Gasteiger partial charge in [0, 0.05) is 63.8 Å². The zero-order valence-electron chi connectivity index (χ0n) is 39.0. The van der Waals surface area contributed by atoms with Crippen molar-refractivity contribution in [1.29, 1.82) is 0 Å². The summed E-state index contributed by atoms with van der Waals surface area (Å²) in [5.74, 6) is -3.01. The van der Waals surface area contributed by atoms with Crippen LogP contribution in [0.25, 0.3) is 0 Å². The van der Waals surface area contributed by atoms with Crippen molar-refractivity contribution in [3.05, 3.63) is 11.9 Å². The van der Waals surface area contributed by atoms with E-state index < -0.39 is 95.6 Å². The van der Waals surface area contributed by atoms with Crippen LogP contribution in [-0.4, -0.2) is 175 Å². The molecular weight excluding hydrogens is 775 g/mol. The highest BCUT2D eigenvalue weighted by Gasteiger charge is 2.55. The number of carbonyl (C=O) groups excluding carboxylic acids is 1. The van der Waals surface area contributed by atoms with Crippen LogP contribution >= 0.6 is 0 Å². The predicted molar refractivity (Wildman–Crippen MR) is 226 cm³/mol. The Morgan fingerprint density at radius 3 is 2.28 bits per heavy atom. The lowest BCUT2D eigenvalue weighted by atomic mass is 9.68. The molecule has 0 bridgehead atoms. The Bertz CT molecular complexity index is 1500. The Hall–Kier alpha value is -1.83. The molecule has 1 aromatic rings. The molecule has 0 aromatic carbocycles. The summed E-state index contributed by atoms with van der Waals surface area (Å²) in [4.78, 5) is 18.5. The number of rotatable bonds is 11. The Morgan fingerprint density at radius 1 is 1.00 bits per heavy atom. The normalized spacial score (nSPS) is 44.6. The van der Waals surface area contributed by atoms with Crippen molar-refractivity contribution in [2.24, 2.45) is 23.7 Å². The van der Waals surface area contributed by atoms with Crippen molar-refractivity contribution < 1.29 is 54.0 Å². The van der Waals surface area contributed by atoms with Gasteiger partial charge in [-0.25, -0.2) is 0 Å². The standard InChI is InChI=1S/C44H81N5O11/c1-15-18-49-24-31(45-46-49)17-19-47(12)32-20-26(4)57-41(36(32)50)60-39-27(5)35(33-22-43(10,56-14)38(52)30(8)58-33)28(6)40(53)59-34(16-2)44(11,55)37(51)29(7)48(13)23-25(3)21-42(39,9)54/h24-30,32-39,41,50-52,54-55H,15-23H2,1-14H3/t25-,26-,27+,28-,29-,30+,32+,33?,34-,35+,36-,37-,38+,39-,41+,42-,43-,44-/m1/s1. The minimum Gasteiger partial charge on any atom is -0.459 e. The first-order valence-electron chi connectivity index (χ1n) is 22.4. The summed E-state index contributed by atoms with van der Waals surface area (Å²) in [6, 6.07) is -0.886. The van der Waals surface area contributed by atoms with E-state index in [2.05, 4.69) is 22.1 Å². The Balaban J connectivity index is 1.78. The maximum Gasteiger partial charge on any atom is 0.309 e. The summed E-state index contributed by atoms with van der Waals surface area (Å²) < 4.78 is 33.9. The zero-order valence-corrected chi connectivity index (χ0v) is 39.0. The van der Waals surface area contributed by atoms with E-state index in [1.807, 2.05) is 64.5 Å². The molecule has 60 heavy (non-hydrogen) atoms. The first kappa shape index (κ1) is 50.8. The van der Waals surface area contributed by atoms with Crippen LogP contribution in [-0.2, 0) is 41.4 Å². The number of aliphatic hydroxyl groups excluding tert-OH is 3. The van der Waals surface area contributed by atoms with E-state index in [9.17, 15) is 30.3 Å². The highest BCUT2D eigenvalue weighted by atomic mass is 16.7. The molecule has 0 spiro atoms. The monoisotopic (exact) mass is 856 g/mol. The largest absolute Gasteiger partial charge is 0.459 e. The average Bonchev–Trinajstić information content (AvgIpc) is 3.63. The van der Waals surface area contributed by atoms with Crippen LogP contribution in [0.1, 0.15) is 114 Å². The molecule has 18 atom stereocenters. The van der Waals surface area contributed by atoms with E-state index in [1.165, 1.54) is 14.0 Å². The van der Waals surface area contributed by atoms with Crippen LogP contribution in [0.4, 0.5) is 0 Å². The van der Waals surface area contributed by atoms with Crippen molar-refractivity contribution in [1.82, 2.24) is 24.8 Å². The average molecular weight is 856 g/mol. The van der Waals surface area contributed by atoms with E-state index in [0.29, 0.717) is 25.9 Å². The maximum absolute atomic E-state index is 14.5. The number of nitrogens with zero attached hydrogens (tertiary/aromatic N) is 5. The molecule has 1 aromatic heterocycles. The summed E-state index contributed by atoms with van der Waals surface area (Å²) in [5.41, 5.74) is -3.51. The lowest BCUT2D eigenvalue weighted by molar-refractivity contribution is -0.302. The van der Waals surface area contributed by atoms with E-state index in [1.54, 1.807) is 27.7 Å². The number of hydrogen-bond donors (Lipinski definition) is 5. The second-order valence-electron chi connectivity index (χ2n) is 19.5. The smallest absolute Gasteiger partial charge is 0.309 e. The van der Waals surface area contributed by atoms with Gasteiger partial charge in [0.1, 0.15) is 30.0 Å². The quantitative estimate of drug-likeness (QED) is 0.203. The summed E-state index contributed by atoms with van der Waals surface area (Å²) in [6.07, 6.45) is -3.42. The highest BCUT2D eigenvalue weighted by molar-refractivity contribution is 5.73. The number of carbonyl (C=O) groups is 1. The van der Waals surface area contributed by atoms with Crippen LogP contribution < -0.4 is 0 Å². The molecule has 4 rings (SSSR count).